The fraction of sp³-hybridized carbons (Fsp3) is 0.455. The van der Waals surface area contributed by atoms with Crippen molar-refractivity contribution in [3.05, 3.63) is 23.2 Å². The fourth-order valence-electron chi connectivity index (χ4n) is 1.54. The van der Waals surface area contributed by atoms with Crippen molar-refractivity contribution in [1.29, 1.82) is 0 Å². The highest BCUT2D eigenvalue weighted by Gasteiger charge is 2.29. The number of aliphatic hydroxyl groups excluding tert-OH is 1. The van der Waals surface area contributed by atoms with Crippen LogP contribution in [0.4, 0.5) is 11.4 Å². The molecule has 1 aliphatic carbocycles. The molecule has 82 valence electrons. The summed E-state index contributed by atoms with van der Waals surface area (Å²) in [6, 6.07) is 5.28. The second kappa shape index (κ2) is 4.29. The highest BCUT2D eigenvalue weighted by atomic mass is 35.5. The molecule has 1 saturated carbocycles. The van der Waals surface area contributed by atoms with Gasteiger partial charge in [-0.15, -0.1) is 0 Å². The summed E-state index contributed by atoms with van der Waals surface area (Å²) < 4.78 is 0. The number of anilines is 2. The Hall–Kier alpha value is -0.930. The molecule has 3 nitrogen and oxygen atoms in total. The van der Waals surface area contributed by atoms with Crippen LogP contribution < -0.4 is 11.1 Å². The standard InChI is InChI=1S/C11H15ClN2O/c12-8-3-4-9(13)10(5-8)14-6-11(15)7-1-2-7/h3-5,7,11,14-15H,1-2,6,13H2. The first-order chi connectivity index (χ1) is 7.16. The van der Waals surface area contributed by atoms with Crippen LogP contribution in [0.3, 0.4) is 0 Å². The van der Waals surface area contributed by atoms with Crippen molar-refractivity contribution < 1.29 is 5.11 Å². The maximum atomic E-state index is 9.67. The minimum atomic E-state index is -0.275. The van der Waals surface area contributed by atoms with E-state index in [1.165, 1.54) is 0 Å². The number of nitrogen functional groups attached to an aromatic ring is 1. The van der Waals surface area contributed by atoms with E-state index in [9.17, 15) is 5.11 Å². The summed E-state index contributed by atoms with van der Waals surface area (Å²) in [4.78, 5) is 0. The maximum absolute atomic E-state index is 9.67. The monoisotopic (exact) mass is 226 g/mol. The Morgan fingerprint density at radius 2 is 2.27 bits per heavy atom. The van der Waals surface area contributed by atoms with Crippen molar-refractivity contribution in [3.8, 4) is 0 Å². The van der Waals surface area contributed by atoms with Gasteiger partial charge in [0.1, 0.15) is 0 Å². The van der Waals surface area contributed by atoms with Crippen molar-refractivity contribution in [1.82, 2.24) is 0 Å². The Bertz CT molecular complexity index is 352. The first-order valence-electron chi connectivity index (χ1n) is 5.14. The van der Waals surface area contributed by atoms with E-state index >= 15 is 0 Å². The van der Waals surface area contributed by atoms with Crippen LogP contribution in [0, 0.1) is 5.92 Å². The number of nitrogens with one attached hydrogen (secondary N) is 1. The molecule has 0 amide bonds. The zero-order valence-corrected chi connectivity index (χ0v) is 9.17. The molecule has 0 saturated heterocycles. The lowest BCUT2D eigenvalue weighted by Gasteiger charge is -2.13. The zero-order chi connectivity index (χ0) is 10.8. The topological polar surface area (TPSA) is 58.3 Å². The summed E-state index contributed by atoms with van der Waals surface area (Å²) in [7, 11) is 0. The highest BCUT2D eigenvalue weighted by Crippen LogP contribution is 2.33. The van der Waals surface area contributed by atoms with Crippen molar-refractivity contribution in [3.63, 3.8) is 0 Å². The first kappa shape index (κ1) is 10.6. The predicted octanol–water partition coefficient (Wildman–Crippen LogP) is 2.10. The minimum Gasteiger partial charge on any atom is -0.397 e. The molecule has 1 aromatic rings. The molecule has 0 spiro atoms. The smallest absolute Gasteiger partial charge is 0.0740 e. The lowest BCUT2D eigenvalue weighted by atomic mass is 10.2. The van der Waals surface area contributed by atoms with E-state index in [0.717, 1.165) is 18.5 Å². The number of benzene rings is 1. The van der Waals surface area contributed by atoms with Gasteiger partial charge in [-0.1, -0.05) is 11.6 Å². The van der Waals surface area contributed by atoms with E-state index < -0.39 is 0 Å². The maximum Gasteiger partial charge on any atom is 0.0740 e. The fourth-order valence-corrected chi connectivity index (χ4v) is 1.72. The van der Waals surface area contributed by atoms with Gasteiger partial charge in [-0.05, 0) is 37.0 Å². The number of aliphatic hydroxyl groups is 1. The van der Waals surface area contributed by atoms with Crippen LogP contribution in [0.1, 0.15) is 12.8 Å². The van der Waals surface area contributed by atoms with E-state index in [1.54, 1.807) is 18.2 Å². The normalized spacial score (nSPS) is 17.5. The molecule has 0 bridgehead atoms. The van der Waals surface area contributed by atoms with Crippen molar-refractivity contribution in [2.24, 2.45) is 5.92 Å². The van der Waals surface area contributed by atoms with Gasteiger partial charge in [-0.25, -0.2) is 0 Å². The lowest BCUT2D eigenvalue weighted by molar-refractivity contribution is 0.164. The Kier molecular flexibility index (Phi) is 3.03. The lowest BCUT2D eigenvalue weighted by Crippen LogP contribution is -2.21. The Morgan fingerprint density at radius 3 is 2.93 bits per heavy atom. The van der Waals surface area contributed by atoms with E-state index in [-0.39, 0.29) is 6.10 Å². The summed E-state index contributed by atoms with van der Waals surface area (Å²) in [5.74, 6) is 0.470. The molecule has 1 atom stereocenters. The van der Waals surface area contributed by atoms with Gasteiger partial charge in [0.15, 0.2) is 0 Å². The van der Waals surface area contributed by atoms with Gasteiger partial charge in [-0.3, -0.25) is 0 Å². The molecule has 4 heteroatoms. The van der Waals surface area contributed by atoms with Gasteiger partial charge in [0, 0.05) is 11.6 Å². The van der Waals surface area contributed by atoms with E-state index in [0.29, 0.717) is 23.2 Å². The average Bonchev–Trinajstić information content (AvgIpc) is 3.02. The molecule has 1 fully saturated rings. The second-order valence-corrected chi connectivity index (χ2v) is 4.45. The quantitative estimate of drug-likeness (QED) is 0.690. The predicted molar refractivity (Wildman–Crippen MR) is 63.1 cm³/mol. The number of nitrogens with two attached hydrogens (primary N) is 1. The molecular formula is C11H15ClN2O. The van der Waals surface area contributed by atoms with Gasteiger partial charge >= 0.3 is 0 Å². The van der Waals surface area contributed by atoms with Crippen molar-refractivity contribution >= 4 is 23.0 Å². The molecule has 0 heterocycles. The van der Waals surface area contributed by atoms with E-state index in [1.807, 2.05) is 0 Å². The van der Waals surface area contributed by atoms with Gasteiger partial charge < -0.3 is 16.2 Å². The number of hydrogen-bond donors (Lipinski definition) is 3. The Labute approximate surface area is 94.2 Å². The van der Waals surface area contributed by atoms with Crippen LogP contribution in [-0.4, -0.2) is 17.8 Å². The molecule has 1 unspecified atom stereocenters. The van der Waals surface area contributed by atoms with Crippen molar-refractivity contribution in [2.75, 3.05) is 17.6 Å². The van der Waals surface area contributed by atoms with Gasteiger partial charge in [0.05, 0.1) is 17.5 Å². The van der Waals surface area contributed by atoms with Crippen LogP contribution >= 0.6 is 11.6 Å². The van der Waals surface area contributed by atoms with Gasteiger partial charge in [0.25, 0.3) is 0 Å². The number of rotatable bonds is 4. The molecular weight excluding hydrogens is 212 g/mol. The average molecular weight is 227 g/mol. The third-order valence-electron chi connectivity index (χ3n) is 2.68. The SMILES string of the molecule is Nc1ccc(Cl)cc1NCC(O)C1CC1. The van der Waals surface area contributed by atoms with E-state index in [4.69, 9.17) is 17.3 Å². The second-order valence-electron chi connectivity index (χ2n) is 4.02. The summed E-state index contributed by atoms with van der Waals surface area (Å²) in [6.07, 6.45) is 1.99. The molecule has 0 aromatic heterocycles. The molecule has 15 heavy (non-hydrogen) atoms. The third kappa shape index (κ3) is 2.76. The van der Waals surface area contributed by atoms with Gasteiger partial charge in [0.2, 0.25) is 0 Å². The summed E-state index contributed by atoms with van der Waals surface area (Å²) in [6.45, 7) is 0.537. The van der Waals surface area contributed by atoms with Crippen LogP contribution in [0.5, 0.6) is 0 Å². The van der Waals surface area contributed by atoms with Crippen LogP contribution in [0.2, 0.25) is 5.02 Å². The van der Waals surface area contributed by atoms with Crippen LogP contribution in [0.25, 0.3) is 0 Å². The van der Waals surface area contributed by atoms with E-state index in [2.05, 4.69) is 5.32 Å². The largest absolute Gasteiger partial charge is 0.397 e. The summed E-state index contributed by atoms with van der Waals surface area (Å²) in [5.41, 5.74) is 7.21. The highest BCUT2D eigenvalue weighted by molar-refractivity contribution is 6.31. The summed E-state index contributed by atoms with van der Waals surface area (Å²) in [5, 5.41) is 13.4. The minimum absolute atomic E-state index is 0.275. The van der Waals surface area contributed by atoms with Crippen molar-refractivity contribution in [2.45, 2.75) is 18.9 Å². The third-order valence-corrected chi connectivity index (χ3v) is 2.92. The molecule has 2 rings (SSSR count). The molecule has 4 N–H and O–H groups in total. The molecule has 1 aliphatic rings. The van der Waals surface area contributed by atoms with Gasteiger partial charge in [-0.2, -0.15) is 0 Å². The molecule has 1 aromatic carbocycles. The Balaban J connectivity index is 1.94. The number of halogens is 1. The summed E-state index contributed by atoms with van der Waals surface area (Å²) >= 11 is 5.85. The Morgan fingerprint density at radius 1 is 1.53 bits per heavy atom. The zero-order valence-electron chi connectivity index (χ0n) is 8.41. The van der Waals surface area contributed by atoms with Crippen LogP contribution in [-0.2, 0) is 0 Å². The van der Waals surface area contributed by atoms with Crippen LogP contribution in [0.15, 0.2) is 18.2 Å². The first-order valence-corrected chi connectivity index (χ1v) is 5.51. The number of hydrogen-bond acceptors (Lipinski definition) is 3. The molecule has 0 aliphatic heterocycles. The molecule has 0 radical (unpaired) electrons.